The maximum atomic E-state index is 12.9. The number of hydrogen-bond acceptors (Lipinski definition) is 8. The fourth-order valence-corrected chi connectivity index (χ4v) is 3.89. The van der Waals surface area contributed by atoms with Crippen LogP contribution in [0.4, 0.5) is 5.82 Å². The maximum absolute atomic E-state index is 12.9. The highest BCUT2D eigenvalue weighted by Gasteiger charge is 2.29. The summed E-state index contributed by atoms with van der Waals surface area (Å²) < 4.78 is 8.25. The summed E-state index contributed by atoms with van der Waals surface area (Å²) in [5.74, 6) is 0.731. The van der Waals surface area contributed by atoms with Crippen LogP contribution in [0.1, 0.15) is 28.5 Å². The Hall–Kier alpha value is -3.21. The molecule has 0 aromatic carbocycles. The lowest BCUT2D eigenvalue weighted by molar-refractivity contribution is -0.142. The van der Waals surface area contributed by atoms with E-state index in [-0.39, 0.29) is 18.3 Å². The van der Waals surface area contributed by atoms with E-state index in [9.17, 15) is 9.59 Å². The first-order chi connectivity index (χ1) is 14.9. The molecule has 0 atom stereocenters. The SMILES string of the molecule is CCOC(=O)Cc1c(C)nc2ncnn2c1N1CCN(C(=O)c2cnn(C)c2Cl)CC1. The van der Waals surface area contributed by atoms with Crippen molar-refractivity contribution in [1.29, 1.82) is 0 Å². The Morgan fingerprint density at radius 1 is 1.19 bits per heavy atom. The van der Waals surface area contributed by atoms with Gasteiger partial charge in [0.25, 0.3) is 11.7 Å². The van der Waals surface area contributed by atoms with Crippen molar-refractivity contribution >= 4 is 35.1 Å². The normalized spacial score (nSPS) is 14.3. The van der Waals surface area contributed by atoms with Gasteiger partial charge in [0.05, 0.1) is 24.8 Å². The fourth-order valence-electron chi connectivity index (χ4n) is 3.71. The van der Waals surface area contributed by atoms with Crippen LogP contribution in [0, 0.1) is 6.92 Å². The third kappa shape index (κ3) is 3.92. The third-order valence-corrected chi connectivity index (χ3v) is 5.74. The second kappa shape index (κ2) is 8.50. The van der Waals surface area contributed by atoms with Gasteiger partial charge in [-0.2, -0.15) is 19.7 Å². The lowest BCUT2D eigenvalue weighted by Gasteiger charge is -2.36. The number of amides is 1. The van der Waals surface area contributed by atoms with Gasteiger partial charge in [-0.1, -0.05) is 11.6 Å². The lowest BCUT2D eigenvalue weighted by atomic mass is 10.1. The Balaban J connectivity index is 1.59. The number of carbonyl (C=O) groups is 2. The molecular weight excluding hydrogens is 424 g/mol. The van der Waals surface area contributed by atoms with Crippen LogP contribution in [0.3, 0.4) is 0 Å². The molecule has 0 spiro atoms. The third-order valence-electron chi connectivity index (χ3n) is 5.29. The van der Waals surface area contributed by atoms with E-state index in [0.29, 0.717) is 55.0 Å². The molecule has 1 fully saturated rings. The fraction of sp³-hybridized carbons (Fsp3) is 0.474. The van der Waals surface area contributed by atoms with E-state index in [1.165, 1.54) is 17.2 Å². The van der Waals surface area contributed by atoms with Crippen molar-refractivity contribution in [2.75, 3.05) is 37.7 Å². The van der Waals surface area contributed by atoms with Crippen LogP contribution in [0.5, 0.6) is 0 Å². The highest BCUT2D eigenvalue weighted by Crippen LogP contribution is 2.26. The minimum Gasteiger partial charge on any atom is -0.466 e. The summed E-state index contributed by atoms with van der Waals surface area (Å²) in [4.78, 5) is 37.6. The maximum Gasteiger partial charge on any atom is 0.310 e. The predicted octanol–water partition coefficient (Wildman–Crippen LogP) is 0.888. The van der Waals surface area contributed by atoms with Gasteiger partial charge in [-0.15, -0.1) is 0 Å². The molecule has 0 N–H and O–H groups in total. The molecule has 0 saturated carbocycles. The molecule has 0 radical (unpaired) electrons. The van der Waals surface area contributed by atoms with Gasteiger partial charge in [-0.3, -0.25) is 14.3 Å². The number of piperazine rings is 1. The largest absolute Gasteiger partial charge is 0.466 e. The highest BCUT2D eigenvalue weighted by molar-refractivity contribution is 6.32. The molecule has 31 heavy (non-hydrogen) atoms. The monoisotopic (exact) mass is 446 g/mol. The zero-order valence-electron chi connectivity index (χ0n) is 17.6. The van der Waals surface area contributed by atoms with Crippen molar-refractivity contribution in [3.63, 3.8) is 0 Å². The molecular formula is C19H23ClN8O3. The quantitative estimate of drug-likeness (QED) is 0.531. The first-order valence-electron chi connectivity index (χ1n) is 9.97. The van der Waals surface area contributed by atoms with E-state index in [2.05, 4.69) is 25.1 Å². The van der Waals surface area contributed by atoms with E-state index in [1.54, 1.807) is 23.4 Å². The van der Waals surface area contributed by atoms with Gasteiger partial charge in [-0.25, -0.2) is 4.98 Å². The molecule has 11 nitrogen and oxygen atoms in total. The van der Waals surface area contributed by atoms with Crippen LogP contribution in [0.2, 0.25) is 5.15 Å². The van der Waals surface area contributed by atoms with Crippen molar-refractivity contribution in [1.82, 2.24) is 34.3 Å². The minimum atomic E-state index is -0.326. The molecule has 0 unspecified atom stereocenters. The zero-order valence-corrected chi connectivity index (χ0v) is 18.3. The van der Waals surface area contributed by atoms with Crippen LogP contribution in [-0.2, 0) is 23.0 Å². The second-order valence-corrected chi connectivity index (χ2v) is 7.56. The lowest BCUT2D eigenvalue weighted by Crippen LogP contribution is -2.49. The van der Waals surface area contributed by atoms with Crippen LogP contribution in [0.25, 0.3) is 5.78 Å². The summed E-state index contributed by atoms with van der Waals surface area (Å²) in [7, 11) is 1.69. The van der Waals surface area contributed by atoms with Crippen molar-refractivity contribution in [3.8, 4) is 0 Å². The molecule has 12 heteroatoms. The van der Waals surface area contributed by atoms with E-state index < -0.39 is 0 Å². The summed E-state index contributed by atoms with van der Waals surface area (Å²) in [6.07, 6.45) is 3.01. The summed E-state index contributed by atoms with van der Waals surface area (Å²) in [5.41, 5.74) is 1.83. The predicted molar refractivity (Wildman–Crippen MR) is 112 cm³/mol. The standard InChI is InChI=1S/C19H23ClN8O3/c1-4-31-15(29)9-13-12(2)24-19-21-11-23-28(19)17(13)26-5-7-27(8-6-26)18(30)14-10-22-25(3)16(14)20/h10-11H,4-9H2,1-3H3. The summed E-state index contributed by atoms with van der Waals surface area (Å²) in [6.45, 7) is 6.01. The van der Waals surface area contributed by atoms with Crippen LogP contribution < -0.4 is 4.90 Å². The molecule has 1 aliphatic rings. The second-order valence-electron chi connectivity index (χ2n) is 7.20. The molecule has 3 aromatic rings. The first-order valence-corrected chi connectivity index (χ1v) is 10.3. The van der Waals surface area contributed by atoms with E-state index in [1.807, 2.05) is 6.92 Å². The minimum absolute atomic E-state index is 0.0856. The van der Waals surface area contributed by atoms with Crippen molar-refractivity contribution in [3.05, 3.63) is 34.5 Å². The van der Waals surface area contributed by atoms with Gasteiger partial charge >= 0.3 is 5.97 Å². The number of nitrogens with zero attached hydrogens (tertiary/aromatic N) is 8. The number of hydrogen-bond donors (Lipinski definition) is 0. The number of aryl methyl sites for hydroxylation is 2. The van der Waals surface area contributed by atoms with E-state index in [0.717, 1.165) is 11.4 Å². The molecule has 0 bridgehead atoms. The molecule has 164 valence electrons. The summed E-state index contributed by atoms with van der Waals surface area (Å²) >= 11 is 6.19. The Bertz CT molecular complexity index is 1130. The molecule has 0 aliphatic carbocycles. The average Bonchev–Trinajstić information content (AvgIpc) is 3.35. The van der Waals surface area contributed by atoms with Gasteiger partial charge in [-0.05, 0) is 13.8 Å². The van der Waals surface area contributed by atoms with Gasteiger partial charge in [0.15, 0.2) is 0 Å². The molecule has 4 heterocycles. The van der Waals surface area contributed by atoms with Gasteiger partial charge in [0.1, 0.15) is 17.3 Å². The Morgan fingerprint density at radius 2 is 1.94 bits per heavy atom. The molecule has 4 rings (SSSR count). The van der Waals surface area contributed by atoms with Crippen LogP contribution >= 0.6 is 11.6 Å². The smallest absolute Gasteiger partial charge is 0.310 e. The first kappa shape index (κ1) is 21.0. The zero-order chi connectivity index (χ0) is 22.1. The van der Waals surface area contributed by atoms with Gasteiger partial charge in [0.2, 0.25) is 0 Å². The highest BCUT2D eigenvalue weighted by atomic mass is 35.5. The van der Waals surface area contributed by atoms with Gasteiger partial charge < -0.3 is 14.5 Å². The average molecular weight is 447 g/mol. The molecule has 1 saturated heterocycles. The molecule has 1 amide bonds. The molecule has 3 aromatic heterocycles. The molecule has 1 aliphatic heterocycles. The number of fused-ring (bicyclic) bond motifs is 1. The Labute approximate surface area is 183 Å². The summed E-state index contributed by atoms with van der Waals surface area (Å²) in [6, 6.07) is 0. The summed E-state index contributed by atoms with van der Waals surface area (Å²) in [5, 5.41) is 8.67. The topological polar surface area (TPSA) is 111 Å². The number of ether oxygens (including phenoxy) is 1. The van der Waals surface area contributed by atoms with Gasteiger partial charge in [0, 0.05) is 44.5 Å². The van der Waals surface area contributed by atoms with Crippen LogP contribution in [0.15, 0.2) is 12.5 Å². The van der Waals surface area contributed by atoms with Crippen molar-refractivity contribution in [2.45, 2.75) is 20.3 Å². The van der Waals surface area contributed by atoms with Crippen LogP contribution in [-0.4, -0.2) is 78.9 Å². The number of carbonyl (C=O) groups excluding carboxylic acids is 2. The Morgan fingerprint density at radius 3 is 2.58 bits per heavy atom. The number of rotatable bonds is 5. The van der Waals surface area contributed by atoms with Crippen molar-refractivity contribution < 1.29 is 14.3 Å². The van der Waals surface area contributed by atoms with Crippen molar-refractivity contribution in [2.24, 2.45) is 7.05 Å². The Kier molecular flexibility index (Phi) is 5.77. The number of aromatic nitrogens is 6. The van der Waals surface area contributed by atoms with E-state index >= 15 is 0 Å². The number of anilines is 1. The number of esters is 1. The number of halogens is 1. The van der Waals surface area contributed by atoms with E-state index in [4.69, 9.17) is 16.3 Å².